The van der Waals surface area contributed by atoms with Crippen LogP contribution in [0.25, 0.3) is 0 Å². The van der Waals surface area contributed by atoms with Gasteiger partial charge in [0.05, 0.1) is 24.5 Å². The van der Waals surface area contributed by atoms with Gasteiger partial charge in [-0.25, -0.2) is 0 Å². The van der Waals surface area contributed by atoms with Crippen molar-refractivity contribution in [3.63, 3.8) is 0 Å². The maximum absolute atomic E-state index is 6.18. The van der Waals surface area contributed by atoms with Gasteiger partial charge in [0.1, 0.15) is 0 Å². The zero-order valence-corrected chi connectivity index (χ0v) is 10.6. The highest BCUT2D eigenvalue weighted by Crippen LogP contribution is 2.18. The molecule has 0 fully saturated rings. The summed E-state index contributed by atoms with van der Waals surface area (Å²) in [6, 6.07) is 5.16. The average molecular weight is 247 g/mol. The third kappa shape index (κ3) is 2.48. The predicted molar refractivity (Wildman–Crippen MR) is 67.1 cm³/mol. The molecule has 1 unspecified atom stereocenters. The van der Waals surface area contributed by atoms with Gasteiger partial charge < -0.3 is 10.5 Å². The van der Waals surface area contributed by atoms with Crippen molar-refractivity contribution in [2.45, 2.75) is 25.9 Å². The highest BCUT2D eigenvalue weighted by Gasteiger charge is 2.15. The Morgan fingerprint density at radius 2 is 2.17 bits per heavy atom. The number of hydrogen-bond acceptors (Lipinski definition) is 5. The summed E-state index contributed by atoms with van der Waals surface area (Å²) in [5.74, 6) is 0.480. The molecule has 6 nitrogen and oxygen atoms in total. The van der Waals surface area contributed by atoms with Crippen LogP contribution >= 0.6 is 0 Å². The zero-order chi connectivity index (χ0) is 13.0. The fraction of sp³-hybridized carbons (Fsp3) is 0.417. The van der Waals surface area contributed by atoms with Gasteiger partial charge in [0, 0.05) is 18.8 Å². The van der Waals surface area contributed by atoms with Gasteiger partial charge >= 0.3 is 0 Å². The largest absolute Gasteiger partial charge is 0.480 e. The maximum atomic E-state index is 6.18. The molecule has 0 aliphatic heterocycles. The number of aryl methyl sites for hydroxylation is 1. The first-order valence-electron chi connectivity index (χ1n) is 5.91. The van der Waals surface area contributed by atoms with E-state index in [-0.39, 0.29) is 6.04 Å². The van der Waals surface area contributed by atoms with Crippen molar-refractivity contribution in [1.29, 1.82) is 0 Å². The lowest BCUT2D eigenvalue weighted by molar-refractivity contribution is 0.390. The molecule has 0 aromatic carbocycles. The van der Waals surface area contributed by atoms with Gasteiger partial charge in [0.25, 0.3) is 0 Å². The van der Waals surface area contributed by atoms with Crippen LogP contribution in [0.5, 0.6) is 5.88 Å². The molecule has 2 aromatic rings. The summed E-state index contributed by atoms with van der Waals surface area (Å²) >= 11 is 0. The van der Waals surface area contributed by atoms with Gasteiger partial charge in [-0.05, 0) is 18.6 Å². The van der Waals surface area contributed by atoms with Gasteiger partial charge in [-0.2, -0.15) is 5.10 Å². The average Bonchev–Trinajstić information content (AvgIpc) is 2.87. The quantitative estimate of drug-likeness (QED) is 0.857. The fourth-order valence-corrected chi connectivity index (χ4v) is 1.76. The second kappa shape index (κ2) is 5.59. The van der Waals surface area contributed by atoms with E-state index < -0.39 is 0 Å². The normalized spacial score (nSPS) is 12.4. The van der Waals surface area contributed by atoms with E-state index in [1.165, 1.54) is 0 Å². The lowest BCUT2D eigenvalue weighted by Crippen LogP contribution is -2.19. The Hall–Kier alpha value is -1.95. The molecule has 0 radical (unpaired) electrons. The highest BCUT2D eigenvalue weighted by atomic mass is 16.5. The molecule has 18 heavy (non-hydrogen) atoms. The Labute approximate surface area is 106 Å². The summed E-state index contributed by atoms with van der Waals surface area (Å²) in [4.78, 5) is 0. The fourth-order valence-electron chi connectivity index (χ4n) is 1.76. The second-order valence-corrected chi connectivity index (χ2v) is 3.96. The van der Waals surface area contributed by atoms with Gasteiger partial charge in [-0.3, -0.25) is 4.68 Å². The van der Waals surface area contributed by atoms with Gasteiger partial charge in [0.2, 0.25) is 5.88 Å². The molecule has 0 saturated carbocycles. The molecule has 0 spiro atoms. The van der Waals surface area contributed by atoms with Crippen LogP contribution in [0.2, 0.25) is 0 Å². The number of aromatic nitrogens is 4. The number of nitrogens with two attached hydrogens (primary N) is 1. The van der Waals surface area contributed by atoms with Crippen molar-refractivity contribution >= 4 is 0 Å². The molecule has 0 amide bonds. The van der Waals surface area contributed by atoms with E-state index in [0.717, 1.165) is 18.7 Å². The van der Waals surface area contributed by atoms with Crippen LogP contribution in [0.15, 0.2) is 24.4 Å². The summed E-state index contributed by atoms with van der Waals surface area (Å²) in [5.41, 5.74) is 7.82. The van der Waals surface area contributed by atoms with Crippen molar-refractivity contribution in [3.8, 4) is 5.88 Å². The summed E-state index contributed by atoms with van der Waals surface area (Å²) in [5, 5.41) is 12.2. The minimum absolute atomic E-state index is 0.322. The van der Waals surface area contributed by atoms with E-state index in [9.17, 15) is 0 Å². The smallest absolute Gasteiger partial charge is 0.233 e. The summed E-state index contributed by atoms with van der Waals surface area (Å²) in [6.07, 6.45) is 2.76. The van der Waals surface area contributed by atoms with Crippen molar-refractivity contribution in [3.05, 3.63) is 35.8 Å². The summed E-state index contributed by atoms with van der Waals surface area (Å²) < 4.78 is 6.87. The number of rotatable bonds is 5. The van der Waals surface area contributed by atoms with Crippen LogP contribution < -0.4 is 10.5 Å². The SMILES string of the molecule is CCCn1nccc1C(N)c1ccc(OC)nn1. The molecule has 0 bridgehead atoms. The summed E-state index contributed by atoms with van der Waals surface area (Å²) in [6.45, 7) is 2.95. The minimum atomic E-state index is -0.322. The van der Waals surface area contributed by atoms with Crippen LogP contribution in [-0.2, 0) is 6.54 Å². The van der Waals surface area contributed by atoms with E-state index in [2.05, 4.69) is 22.2 Å². The Morgan fingerprint density at radius 3 is 2.78 bits per heavy atom. The molecule has 6 heteroatoms. The first-order valence-corrected chi connectivity index (χ1v) is 5.91. The van der Waals surface area contributed by atoms with E-state index in [1.807, 2.05) is 16.8 Å². The maximum Gasteiger partial charge on any atom is 0.233 e. The van der Waals surface area contributed by atoms with E-state index in [0.29, 0.717) is 11.6 Å². The van der Waals surface area contributed by atoms with E-state index in [1.54, 1.807) is 19.4 Å². The third-order valence-corrected chi connectivity index (χ3v) is 2.69. The monoisotopic (exact) mass is 247 g/mol. The first kappa shape index (κ1) is 12.5. The number of nitrogens with zero attached hydrogens (tertiary/aromatic N) is 4. The number of hydrogen-bond donors (Lipinski definition) is 1. The molecule has 2 aromatic heterocycles. The van der Waals surface area contributed by atoms with Crippen LogP contribution in [0, 0.1) is 0 Å². The zero-order valence-electron chi connectivity index (χ0n) is 10.6. The van der Waals surface area contributed by atoms with Gasteiger partial charge in [-0.15, -0.1) is 10.2 Å². The van der Waals surface area contributed by atoms with E-state index in [4.69, 9.17) is 10.5 Å². The Kier molecular flexibility index (Phi) is 3.88. The molecule has 2 heterocycles. The van der Waals surface area contributed by atoms with Crippen LogP contribution in [0.1, 0.15) is 30.8 Å². The molecule has 0 aliphatic carbocycles. The van der Waals surface area contributed by atoms with Crippen LogP contribution in [0.4, 0.5) is 0 Å². The summed E-state index contributed by atoms with van der Waals surface area (Å²) in [7, 11) is 1.56. The Morgan fingerprint density at radius 1 is 1.33 bits per heavy atom. The van der Waals surface area contributed by atoms with Crippen molar-refractivity contribution in [2.75, 3.05) is 7.11 Å². The molecule has 2 rings (SSSR count). The number of methoxy groups -OCH3 is 1. The highest BCUT2D eigenvalue weighted by molar-refractivity contribution is 5.22. The minimum Gasteiger partial charge on any atom is -0.480 e. The Bertz CT molecular complexity index is 493. The van der Waals surface area contributed by atoms with Gasteiger partial charge in [0.15, 0.2) is 0 Å². The lowest BCUT2D eigenvalue weighted by Gasteiger charge is -2.13. The molecule has 1 atom stereocenters. The second-order valence-electron chi connectivity index (χ2n) is 3.96. The first-order chi connectivity index (χ1) is 8.76. The Balaban J connectivity index is 2.23. The molecule has 96 valence electrons. The molecule has 2 N–H and O–H groups in total. The number of ether oxygens (including phenoxy) is 1. The topological polar surface area (TPSA) is 78.9 Å². The van der Waals surface area contributed by atoms with E-state index >= 15 is 0 Å². The standard InChI is InChI=1S/C12H17N5O/c1-3-8-17-10(6-7-14-17)12(13)9-4-5-11(18-2)16-15-9/h4-7,12H,3,8,13H2,1-2H3. The van der Waals surface area contributed by atoms with Crippen molar-refractivity contribution in [2.24, 2.45) is 5.73 Å². The lowest BCUT2D eigenvalue weighted by atomic mass is 10.1. The molecule has 0 saturated heterocycles. The van der Waals surface area contributed by atoms with Crippen LogP contribution in [0.3, 0.4) is 0 Å². The molecular formula is C12H17N5O. The van der Waals surface area contributed by atoms with Crippen LogP contribution in [-0.4, -0.2) is 27.1 Å². The van der Waals surface area contributed by atoms with Crippen molar-refractivity contribution < 1.29 is 4.74 Å². The predicted octanol–water partition coefficient (Wildman–Crippen LogP) is 1.14. The molecular weight excluding hydrogens is 230 g/mol. The van der Waals surface area contributed by atoms with Crippen molar-refractivity contribution in [1.82, 2.24) is 20.0 Å². The third-order valence-electron chi connectivity index (χ3n) is 2.69. The molecule has 0 aliphatic rings. The van der Waals surface area contributed by atoms with Gasteiger partial charge in [-0.1, -0.05) is 6.92 Å².